The van der Waals surface area contributed by atoms with Crippen LogP contribution in [0, 0.1) is 0 Å². The van der Waals surface area contributed by atoms with Crippen molar-refractivity contribution in [2.24, 2.45) is 5.73 Å². The van der Waals surface area contributed by atoms with E-state index in [1.165, 1.54) is 4.90 Å². The number of anilines is 2. The Kier molecular flexibility index (Phi) is 8.13. The summed E-state index contributed by atoms with van der Waals surface area (Å²) in [6.45, 7) is 5.49. The van der Waals surface area contributed by atoms with Gasteiger partial charge in [-0.25, -0.2) is 4.79 Å². The second-order valence-corrected chi connectivity index (χ2v) is 11.8. The van der Waals surface area contributed by atoms with Crippen LogP contribution in [0.15, 0.2) is 67.1 Å². The van der Waals surface area contributed by atoms with Crippen LogP contribution in [-0.4, -0.2) is 51.9 Å². The largest absolute Gasteiger partial charge is 0.443 e. The summed E-state index contributed by atoms with van der Waals surface area (Å²) in [5, 5.41) is 15.3. The fourth-order valence-electron chi connectivity index (χ4n) is 5.35. The van der Waals surface area contributed by atoms with Crippen molar-refractivity contribution in [3.8, 4) is 22.4 Å². The second-order valence-electron chi connectivity index (χ2n) is 11.8. The highest BCUT2D eigenvalue weighted by molar-refractivity contribution is 6.05. The van der Waals surface area contributed by atoms with E-state index >= 15 is 0 Å². The number of hydrogen-bond donors (Lipinski definition) is 3. The summed E-state index contributed by atoms with van der Waals surface area (Å²) in [5.74, 6) is -0.503. The van der Waals surface area contributed by atoms with E-state index in [1.54, 1.807) is 31.7 Å². The third kappa shape index (κ3) is 6.36. The van der Waals surface area contributed by atoms with Gasteiger partial charge < -0.3 is 20.9 Å². The van der Waals surface area contributed by atoms with E-state index in [0.29, 0.717) is 16.9 Å². The number of nitrogens with zero attached hydrogens (tertiary/aromatic N) is 3. The highest BCUT2D eigenvalue weighted by Gasteiger charge is 2.23. The van der Waals surface area contributed by atoms with Crippen LogP contribution < -0.4 is 16.0 Å². The number of ether oxygens (including phenoxy) is 1. The van der Waals surface area contributed by atoms with Crippen LogP contribution in [0.25, 0.3) is 33.2 Å². The molecule has 1 saturated carbocycles. The smallest absolute Gasteiger partial charge is 0.414 e. The molecule has 1 aliphatic rings. The summed E-state index contributed by atoms with van der Waals surface area (Å²) in [6.07, 6.45) is 7.52. The van der Waals surface area contributed by atoms with Gasteiger partial charge >= 0.3 is 6.09 Å². The lowest BCUT2D eigenvalue weighted by Gasteiger charge is -2.28. The number of aliphatic hydroxyl groups excluding tert-OH is 1. The monoisotopic (exact) mass is 567 g/mol. The topological polar surface area (TPSA) is 131 Å². The second kappa shape index (κ2) is 11.8. The SMILES string of the molecule is CN(C(=O)OC(C)(C)C)c1cncc(-c2cccc3c(-c4ccc(C(N)=O)c(NC5CCC(O)CC5)c4)nccc23)c1. The van der Waals surface area contributed by atoms with E-state index in [1.807, 2.05) is 63.2 Å². The summed E-state index contributed by atoms with van der Waals surface area (Å²) in [4.78, 5) is 35.5. The maximum atomic E-state index is 12.7. The highest BCUT2D eigenvalue weighted by atomic mass is 16.6. The molecule has 1 fully saturated rings. The normalized spacial score (nSPS) is 17.1. The Morgan fingerprint density at radius 3 is 2.48 bits per heavy atom. The van der Waals surface area contributed by atoms with Crippen molar-refractivity contribution in [2.75, 3.05) is 17.3 Å². The molecule has 4 aromatic rings. The van der Waals surface area contributed by atoms with E-state index in [0.717, 1.165) is 58.8 Å². The first-order valence-electron chi connectivity index (χ1n) is 14.2. The number of aliphatic hydroxyl groups is 1. The third-order valence-corrected chi connectivity index (χ3v) is 7.51. The predicted molar refractivity (Wildman–Crippen MR) is 165 cm³/mol. The highest BCUT2D eigenvalue weighted by Crippen LogP contribution is 2.36. The molecule has 2 aromatic heterocycles. The lowest BCUT2D eigenvalue weighted by molar-refractivity contribution is 0.0589. The molecular formula is C33H37N5O4. The first kappa shape index (κ1) is 29.0. The Balaban J connectivity index is 1.52. The van der Waals surface area contributed by atoms with Crippen molar-refractivity contribution >= 4 is 34.1 Å². The fourth-order valence-corrected chi connectivity index (χ4v) is 5.35. The number of carbonyl (C=O) groups is 2. The molecule has 9 heteroatoms. The minimum Gasteiger partial charge on any atom is -0.443 e. The Morgan fingerprint density at radius 2 is 1.76 bits per heavy atom. The summed E-state index contributed by atoms with van der Waals surface area (Å²) >= 11 is 0. The van der Waals surface area contributed by atoms with Gasteiger partial charge in [-0.1, -0.05) is 24.3 Å². The van der Waals surface area contributed by atoms with Crippen LogP contribution in [0.3, 0.4) is 0 Å². The van der Waals surface area contributed by atoms with Gasteiger partial charge in [0.15, 0.2) is 0 Å². The molecule has 9 nitrogen and oxygen atoms in total. The number of rotatable bonds is 6. The van der Waals surface area contributed by atoms with E-state index in [2.05, 4.69) is 10.3 Å². The van der Waals surface area contributed by atoms with Crippen LogP contribution >= 0.6 is 0 Å². The van der Waals surface area contributed by atoms with Crippen molar-refractivity contribution in [2.45, 2.75) is 64.2 Å². The van der Waals surface area contributed by atoms with Crippen LogP contribution in [0.2, 0.25) is 0 Å². The molecule has 0 spiro atoms. The minimum atomic E-state index is -0.612. The number of primary amides is 1. The molecule has 0 saturated heterocycles. The van der Waals surface area contributed by atoms with Crippen LogP contribution in [-0.2, 0) is 4.74 Å². The molecule has 0 atom stereocenters. The van der Waals surface area contributed by atoms with Gasteiger partial charge in [-0.15, -0.1) is 0 Å². The summed E-state index contributed by atoms with van der Waals surface area (Å²) in [5.41, 5.74) is 10.2. The molecule has 0 radical (unpaired) electrons. The van der Waals surface area contributed by atoms with Gasteiger partial charge in [-0.2, -0.15) is 0 Å². The fraction of sp³-hybridized carbons (Fsp3) is 0.333. The number of pyridine rings is 2. The molecule has 0 bridgehead atoms. The molecule has 2 aromatic carbocycles. The zero-order valence-corrected chi connectivity index (χ0v) is 24.4. The molecule has 2 heterocycles. The Bertz CT molecular complexity index is 1620. The Morgan fingerprint density at radius 1 is 1.00 bits per heavy atom. The maximum absolute atomic E-state index is 12.7. The zero-order valence-electron chi connectivity index (χ0n) is 24.4. The zero-order chi connectivity index (χ0) is 30.0. The first-order valence-corrected chi connectivity index (χ1v) is 14.2. The molecular weight excluding hydrogens is 530 g/mol. The minimum absolute atomic E-state index is 0.146. The Hall–Kier alpha value is -4.50. The van der Waals surface area contributed by atoms with E-state index in [-0.39, 0.29) is 12.1 Å². The van der Waals surface area contributed by atoms with Crippen molar-refractivity contribution in [3.05, 3.63) is 72.7 Å². The molecule has 1 aliphatic carbocycles. The van der Waals surface area contributed by atoms with Gasteiger partial charge in [0.2, 0.25) is 0 Å². The summed E-state index contributed by atoms with van der Waals surface area (Å²) in [7, 11) is 1.66. The van der Waals surface area contributed by atoms with Crippen molar-refractivity contribution in [1.29, 1.82) is 0 Å². The number of nitrogens with two attached hydrogens (primary N) is 1. The summed E-state index contributed by atoms with van der Waals surface area (Å²) in [6, 6.07) is 15.6. The van der Waals surface area contributed by atoms with E-state index in [9.17, 15) is 14.7 Å². The number of benzene rings is 2. The van der Waals surface area contributed by atoms with E-state index < -0.39 is 17.6 Å². The molecule has 2 amide bonds. The predicted octanol–water partition coefficient (Wildman–Crippen LogP) is 6.15. The van der Waals surface area contributed by atoms with Gasteiger partial charge in [0.25, 0.3) is 5.91 Å². The number of carbonyl (C=O) groups excluding carboxylic acids is 2. The number of fused-ring (bicyclic) bond motifs is 1. The van der Waals surface area contributed by atoms with Gasteiger partial charge in [0.05, 0.1) is 29.2 Å². The molecule has 0 unspecified atom stereocenters. The number of amides is 2. The van der Waals surface area contributed by atoms with Crippen LogP contribution in [0.4, 0.5) is 16.2 Å². The molecule has 4 N–H and O–H groups in total. The average molecular weight is 568 g/mol. The third-order valence-electron chi connectivity index (χ3n) is 7.51. The maximum Gasteiger partial charge on any atom is 0.414 e. The lowest BCUT2D eigenvalue weighted by atomic mass is 9.92. The van der Waals surface area contributed by atoms with Crippen LogP contribution in [0.1, 0.15) is 56.8 Å². The van der Waals surface area contributed by atoms with Crippen LogP contribution in [0.5, 0.6) is 0 Å². The van der Waals surface area contributed by atoms with Gasteiger partial charge in [0, 0.05) is 47.7 Å². The summed E-state index contributed by atoms with van der Waals surface area (Å²) < 4.78 is 5.53. The van der Waals surface area contributed by atoms with Crippen molar-refractivity contribution in [1.82, 2.24) is 9.97 Å². The molecule has 218 valence electrons. The number of aromatic nitrogens is 2. The van der Waals surface area contributed by atoms with Crippen molar-refractivity contribution < 1.29 is 19.4 Å². The standard InChI is InChI=1S/C33H37N5O4/c1-33(2,3)42-32(41)38(4)23-16-21(18-35-19-23)25-6-5-7-27-26(25)14-15-36-30(27)20-8-13-28(31(34)40)29(17-20)37-22-9-11-24(39)12-10-22/h5-8,13-19,22,24,37,39H,9-12H2,1-4H3,(H2,34,40). The van der Waals surface area contributed by atoms with E-state index in [4.69, 9.17) is 15.5 Å². The first-order chi connectivity index (χ1) is 20.0. The quantitative estimate of drug-likeness (QED) is 0.255. The van der Waals surface area contributed by atoms with Gasteiger partial charge in [-0.05, 0) is 81.7 Å². The molecule has 5 rings (SSSR count). The lowest BCUT2D eigenvalue weighted by Crippen LogP contribution is -2.34. The molecule has 42 heavy (non-hydrogen) atoms. The van der Waals surface area contributed by atoms with Crippen molar-refractivity contribution in [3.63, 3.8) is 0 Å². The van der Waals surface area contributed by atoms with Gasteiger partial charge in [-0.3, -0.25) is 19.7 Å². The average Bonchev–Trinajstić information content (AvgIpc) is 2.96. The molecule has 0 aliphatic heterocycles. The Labute approximate surface area is 245 Å². The van der Waals surface area contributed by atoms with Gasteiger partial charge in [0.1, 0.15) is 5.60 Å². The number of hydrogen-bond acceptors (Lipinski definition) is 7. The number of nitrogens with one attached hydrogen (secondary N) is 1.